The van der Waals surface area contributed by atoms with E-state index in [2.05, 4.69) is 15.9 Å². The maximum Gasteiger partial charge on any atom is 0.221 e. The van der Waals surface area contributed by atoms with Crippen LogP contribution in [-0.2, 0) is 11.3 Å². The lowest BCUT2D eigenvalue weighted by Gasteiger charge is -2.17. The number of hydrogen-bond acceptors (Lipinski definition) is 2. The summed E-state index contributed by atoms with van der Waals surface area (Å²) in [6, 6.07) is 7.85. The van der Waals surface area contributed by atoms with Crippen molar-refractivity contribution in [2.75, 3.05) is 0 Å². The van der Waals surface area contributed by atoms with Gasteiger partial charge < -0.3 is 9.72 Å². The van der Waals surface area contributed by atoms with Gasteiger partial charge in [-0.25, -0.2) is 4.98 Å². The molecule has 1 N–H and O–H groups in total. The average Bonchev–Trinajstić information content (AvgIpc) is 2.83. The molecule has 0 aliphatic carbocycles. The molecule has 1 unspecified atom stereocenters. The van der Waals surface area contributed by atoms with Gasteiger partial charge in [-0.1, -0.05) is 29.3 Å². The molecule has 0 fully saturated rings. The SMILES string of the molecule is Cc1ccc2nc3c(n2c1)C(c1cc(Cl)c(C)c(Cl)c1)CC(=O)NC3. The van der Waals surface area contributed by atoms with Crippen LogP contribution in [0.3, 0.4) is 0 Å². The molecule has 0 saturated carbocycles. The molecular formula is C19H17Cl2N3O. The van der Waals surface area contributed by atoms with E-state index in [1.807, 2.05) is 38.1 Å². The molecule has 128 valence electrons. The van der Waals surface area contributed by atoms with Gasteiger partial charge in [-0.3, -0.25) is 4.79 Å². The second kappa shape index (κ2) is 6.04. The Morgan fingerprint density at radius 1 is 1.20 bits per heavy atom. The number of nitrogens with one attached hydrogen (secondary N) is 1. The van der Waals surface area contributed by atoms with Gasteiger partial charge in [0.15, 0.2) is 0 Å². The normalized spacial score (nSPS) is 17.3. The van der Waals surface area contributed by atoms with Crippen molar-refractivity contribution < 1.29 is 4.79 Å². The number of carbonyl (C=O) groups excluding carboxylic acids is 1. The monoisotopic (exact) mass is 373 g/mol. The third-order valence-electron chi connectivity index (χ3n) is 4.76. The molecule has 1 aromatic carbocycles. The smallest absolute Gasteiger partial charge is 0.221 e. The minimum absolute atomic E-state index is 0.00257. The number of hydrogen-bond donors (Lipinski definition) is 1. The van der Waals surface area contributed by atoms with Gasteiger partial charge in [0.1, 0.15) is 5.65 Å². The second-order valence-electron chi connectivity index (χ2n) is 6.52. The first-order valence-electron chi connectivity index (χ1n) is 8.14. The summed E-state index contributed by atoms with van der Waals surface area (Å²) in [6.07, 6.45) is 2.39. The lowest BCUT2D eigenvalue weighted by atomic mass is 9.91. The fourth-order valence-corrected chi connectivity index (χ4v) is 3.90. The number of nitrogens with zero attached hydrogens (tertiary/aromatic N) is 2. The number of halogens is 2. The number of carbonyl (C=O) groups is 1. The molecule has 3 aromatic rings. The predicted octanol–water partition coefficient (Wildman–Crippen LogP) is 4.41. The van der Waals surface area contributed by atoms with Crippen molar-refractivity contribution >= 4 is 34.8 Å². The molecule has 4 nitrogen and oxygen atoms in total. The topological polar surface area (TPSA) is 46.4 Å². The van der Waals surface area contributed by atoms with Gasteiger partial charge >= 0.3 is 0 Å². The highest BCUT2D eigenvalue weighted by Gasteiger charge is 2.29. The van der Waals surface area contributed by atoms with Crippen LogP contribution in [0, 0.1) is 13.8 Å². The number of fused-ring (bicyclic) bond motifs is 3. The summed E-state index contributed by atoms with van der Waals surface area (Å²) in [7, 11) is 0. The van der Waals surface area contributed by atoms with Crippen LogP contribution in [0.25, 0.3) is 5.65 Å². The number of benzene rings is 1. The zero-order valence-corrected chi connectivity index (χ0v) is 15.4. The fraction of sp³-hybridized carbons (Fsp3) is 0.263. The number of aryl methyl sites for hydroxylation is 1. The molecule has 1 aliphatic heterocycles. The maximum absolute atomic E-state index is 12.3. The van der Waals surface area contributed by atoms with E-state index >= 15 is 0 Å². The number of imidazole rings is 1. The first kappa shape index (κ1) is 16.4. The van der Waals surface area contributed by atoms with Crippen molar-refractivity contribution in [2.24, 2.45) is 0 Å². The number of amides is 1. The van der Waals surface area contributed by atoms with Crippen molar-refractivity contribution in [3.8, 4) is 0 Å². The Kier molecular flexibility index (Phi) is 3.97. The van der Waals surface area contributed by atoms with Crippen LogP contribution < -0.4 is 5.32 Å². The lowest BCUT2D eigenvalue weighted by molar-refractivity contribution is -0.121. The predicted molar refractivity (Wildman–Crippen MR) is 99.4 cm³/mol. The van der Waals surface area contributed by atoms with Crippen LogP contribution in [0.1, 0.15) is 40.4 Å². The summed E-state index contributed by atoms with van der Waals surface area (Å²) >= 11 is 12.7. The van der Waals surface area contributed by atoms with Gasteiger partial charge in [-0.15, -0.1) is 0 Å². The fourth-order valence-electron chi connectivity index (χ4n) is 3.40. The van der Waals surface area contributed by atoms with Gasteiger partial charge in [-0.05, 0) is 48.7 Å². The zero-order chi connectivity index (χ0) is 17.7. The summed E-state index contributed by atoms with van der Waals surface area (Å²) < 4.78 is 2.08. The molecule has 6 heteroatoms. The molecule has 0 spiro atoms. The Bertz CT molecular complexity index is 986. The Labute approximate surface area is 155 Å². The van der Waals surface area contributed by atoms with Crippen LogP contribution in [-0.4, -0.2) is 15.3 Å². The summed E-state index contributed by atoms with van der Waals surface area (Å²) in [6.45, 7) is 4.36. The summed E-state index contributed by atoms with van der Waals surface area (Å²) in [5.41, 5.74) is 5.69. The second-order valence-corrected chi connectivity index (χ2v) is 7.34. The van der Waals surface area contributed by atoms with E-state index < -0.39 is 0 Å². The Morgan fingerprint density at radius 2 is 1.92 bits per heavy atom. The first-order valence-corrected chi connectivity index (χ1v) is 8.89. The molecule has 0 saturated heterocycles. The molecule has 25 heavy (non-hydrogen) atoms. The van der Waals surface area contributed by atoms with Crippen molar-refractivity contribution in [3.05, 3.63) is 68.6 Å². The van der Waals surface area contributed by atoms with E-state index in [0.29, 0.717) is 23.0 Å². The first-order chi connectivity index (χ1) is 11.9. The molecular weight excluding hydrogens is 357 g/mol. The van der Waals surface area contributed by atoms with Crippen LogP contribution in [0.2, 0.25) is 10.0 Å². The summed E-state index contributed by atoms with van der Waals surface area (Å²) in [5.74, 6) is -0.151. The van der Waals surface area contributed by atoms with Crippen LogP contribution in [0.15, 0.2) is 30.5 Å². The van der Waals surface area contributed by atoms with Gasteiger partial charge in [-0.2, -0.15) is 0 Å². The zero-order valence-electron chi connectivity index (χ0n) is 13.9. The van der Waals surface area contributed by atoms with Crippen LogP contribution in [0.4, 0.5) is 0 Å². The largest absolute Gasteiger partial charge is 0.350 e. The summed E-state index contributed by atoms with van der Waals surface area (Å²) in [4.78, 5) is 17.0. The minimum Gasteiger partial charge on any atom is -0.350 e. The standard InChI is InChI=1S/C19H17Cl2N3O/c1-10-3-4-17-23-16-8-22-18(25)7-13(19(16)24(17)9-10)12-5-14(20)11(2)15(21)6-12/h3-6,9,13H,7-8H2,1-2H3,(H,22,25). The van der Waals surface area contributed by atoms with Crippen molar-refractivity contribution in [3.63, 3.8) is 0 Å². The van der Waals surface area contributed by atoms with Gasteiger partial charge in [0.05, 0.1) is 17.9 Å². The number of aromatic nitrogens is 2. The van der Waals surface area contributed by atoms with Gasteiger partial charge in [0, 0.05) is 28.6 Å². The highest BCUT2D eigenvalue weighted by atomic mass is 35.5. The highest BCUT2D eigenvalue weighted by Crippen LogP contribution is 2.37. The third-order valence-corrected chi connectivity index (χ3v) is 5.54. The molecule has 1 atom stereocenters. The number of rotatable bonds is 1. The Balaban J connectivity index is 1.97. The van der Waals surface area contributed by atoms with Gasteiger partial charge in [0.2, 0.25) is 5.91 Å². The molecule has 2 aromatic heterocycles. The lowest BCUT2D eigenvalue weighted by Crippen LogP contribution is -2.21. The molecule has 3 heterocycles. The van der Waals surface area contributed by atoms with Crippen molar-refractivity contribution in [2.45, 2.75) is 32.7 Å². The van der Waals surface area contributed by atoms with E-state index in [1.54, 1.807) is 0 Å². The average molecular weight is 374 g/mol. The highest BCUT2D eigenvalue weighted by molar-refractivity contribution is 6.36. The molecule has 1 aliphatic rings. The maximum atomic E-state index is 12.3. The Hall–Kier alpha value is -2.04. The van der Waals surface area contributed by atoms with E-state index in [4.69, 9.17) is 28.2 Å². The van der Waals surface area contributed by atoms with Crippen molar-refractivity contribution in [1.29, 1.82) is 0 Å². The number of pyridine rings is 1. The summed E-state index contributed by atoms with van der Waals surface area (Å²) in [5, 5.41) is 4.16. The van der Waals surface area contributed by atoms with Gasteiger partial charge in [0.25, 0.3) is 0 Å². The van der Waals surface area contributed by atoms with E-state index in [0.717, 1.165) is 33.7 Å². The molecule has 0 radical (unpaired) electrons. The Morgan fingerprint density at radius 3 is 2.64 bits per heavy atom. The molecule has 1 amide bonds. The third kappa shape index (κ3) is 2.79. The molecule has 4 rings (SSSR count). The minimum atomic E-state index is -0.148. The van der Waals surface area contributed by atoms with Crippen molar-refractivity contribution in [1.82, 2.24) is 14.7 Å². The van der Waals surface area contributed by atoms with Crippen LogP contribution >= 0.6 is 23.2 Å². The van der Waals surface area contributed by atoms with E-state index in [9.17, 15) is 4.79 Å². The molecule has 0 bridgehead atoms. The van der Waals surface area contributed by atoms with E-state index in [-0.39, 0.29) is 11.8 Å². The van der Waals surface area contributed by atoms with E-state index in [1.165, 1.54) is 0 Å². The van der Waals surface area contributed by atoms with Crippen LogP contribution in [0.5, 0.6) is 0 Å². The quantitative estimate of drug-likeness (QED) is 0.686.